The number of ether oxygens (including phenoxy) is 3. The molecule has 2 aromatic heterocycles. The molecule has 132 valence electrons. The van der Waals surface area contributed by atoms with Crippen molar-refractivity contribution in [2.75, 3.05) is 19.1 Å². The Morgan fingerprint density at radius 1 is 1.31 bits per heavy atom. The van der Waals surface area contributed by atoms with E-state index in [1.54, 1.807) is 31.2 Å². The molecule has 8 nitrogen and oxygen atoms in total. The van der Waals surface area contributed by atoms with Crippen LogP contribution in [0.1, 0.15) is 27.9 Å². The Morgan fingerprint density at radius 2 is 2.12 bits per heavy atom. The lowest BCUT2D eigenvalue weighted by atomic mass is 10.0. The van der Waals surface area contributed by atoms with Crippen LogP contribution in [0.2, 0.25) is 0 Å². The summed E-state index contributed by atoms with van der Waals surface area (Å²) in [7, 11) is 0. The second kappa shape index (κ2) is 6.26. The normalized spacial score (nSPS) is 12.3. The lowest BCUT2D eigenvalue weighted by Gasteiger charge is -2.07. The molecule has 0 spiro atoms. The van der Waals surface area contributed by atoms with Gasteiger partial charge < -0.3 is 19.9 Å². The number of carbonyl (C=O) groups excluding carboxylic acids is 1. The molecule has 3 N–H and O–H groups in total. The number of hydrogen-bond acceptors (Lipinski definition) is 9. The van der Waals surface area contributed by atoms with Crippen LogP contribution >= 0.6 is 11.3 Å². The molecule has 3 heterocycles. The fraction of sp³-hybridized carbons (Fsp3) is 0.176. The Morgan fingerprint density at radius 3 is 2.92 bits per heavy atom. The topological polar surface area (TPSA) is 120 Å². The summed E-state index contributed by atoms with van der Waals surface area (Å²) in [6.07, 6.45) is 0. The van der Waals surface area contributed by atoms with Crippen LogP contribution in [0.25, 0.3) is 10.2 Å². The van der Waals surface area contributed by atoms with E-state index in [0.717, 1.165) is 11.3 Å². The molecule has 0 fully saturated rings. The van der Waals surface area contributed by atoms with Crippen LogP contribution in [-0.4, -0.2) is 35.0 Å². The average molecular weight is 370 g/mol. The van der Waals surface area contributed by atoms with Gasteiger partial charge in [-0.2, -0.15) is 0 Å². The first kappa shape index (κ1) is 16.3. The second-order valence-corrected chi connectivity index (χ2v) is 6.45. The van der Waals surface area contributed by atoms with Crippen LogP contribution in [0.3, 0.4) is 0 Å². The zero-order valence-electron chi connectivity index (χ0n) is 13.7. The SMILES string of the molecule is CCOC(=O)c1cc2c(C(=N)c3ccc4c(c3)OCO4)nc(N)nc2s1. The van der Waals surface area contributed by atoms with Gasteiger partial charge in [0.25, 0.3) is 0 Å². The summed E-state index contributed by atoms with van der Waals surface area (Å²) in [5, 5.41) is 9.13. The number of rotatable bonds is 4. The van der Waals surface area contributed by atoms with Crippen LogP contribution in [0, 0.1) is 5.41 Å². The first-order chi connectivity index (χ1) is 12.6. The zero-order chi connectivity index (χ0) is 18.3. The average Bonchev–Trinajstić information content (AvgIpc) is 3.26. The number of nitrogen functional groups attached to an aromatic ring is 1. The molecule has 4 rings (SSSR count). The molecule has 9 heteroatoms. The molecule has 0 aliphatic carbocycles. The standard InChI is InChI=1S/C17H14N4O4S/c1-2-23-16(22)12-6-9-14(20-17(19)21-15(9)26-12)13(18)8-3-4-10-11(5-8)25-7-24-10/h3-6,18H,2,7H2,1H3,(H2,19,20,21). The maximum Gasteiger partial charge on any atom is 0.348 e. The Labute approximate surface area is 152 Å². The van der Waals surface area contributed by atoms with Gasteiger partial charge in [0, 0.05) is 10.9 Å². The van der Waals surface area contributed by atoms with Gasteiger partial charge in [-0.15, -0.1) is 11.3 Å². The van der Waals surface area contributed by atoms with Crippen molar-refractivity contribution in [1.82, 2.24) is 9.97 Å². The van der Waals surface area contributed by atoms with E-state index in [1.165, 1.54) is 0 Å². The van der Waals surface area contributed by atoms with Crippen molar-refractivity contribution in [1.29, 1.82) is 5.41 Å². The maximum absolute atomic E-state index is 12.0. The van der Waals surface area contributed by atoms with Gasteiger partial charge in [0.1, 0.15) is 15.4 Å². The number of nitrogens with two attached hydrogens (primary N) is 1. The first-order valence-corrected chi connectivity index (χ1v) is 8.61. The molecular weight excluding hydrogens is 356 g/mol. The predicted molar refractivity (Wildman–Crippen MR) is 96.3 cm³/mol. The number of carbonyl (C=O) groups is 1. The van der Waals surface area contributed by atoms with E-state index in [1.807, 2.05) is 0 Å². The van der Waals surface area contributed by atoms with Gasteiger partial charge in [-0.05, 0) is 31.2 Å². The molecular formula is C17H14N4O4S. The molecule has 3 aromatic rings. The minimum atomic E-state index is -0.436. The monoisotopic (exact) mass is 370 g/mol. The number of fused-ring (bicyclic) bond motifs is 2. The van der Waals surface area contributed by atoms with Gasteiger partial charge in [-0.25, -0.2) is 14.8 Å². The molecule has 1 aliphatic heterocycles. The highest BCUT2D eigenvalue weighted by molar-refractivity contribution is 7.20. The number of thiophene rings is 1. The lowest BCUT2D eigenvalue weighted by Crippen LogP contribution is -2.08. The molecule has 0 saturated carbocycles. The van der Waals surface area contributed by atoms with Crippen molar-refractivity contribution in [2.24, 2.45) is 0 Å². The van der Waals surface area contributed by atoms with Gasteiger partial charge in [0.05, 0.1) is 12.3 Å². The van der Waals surface area contributed by atoms with E-state index in [9.17, 15) is 4.79 Å². The number of esters is 1. The fourth-order valence-corrected chi connectivity index (χ4v) is 3.55. The number of aromatic nitrogens is 2. The molecule has 0 radical (unpaired) electrons. The van der Waals surface area contributed by atoms with Gasteiger partial charge in [-0.3, -0.25) is 5.41 Å². The summed E-state index contributed by atoms with van der Waals surface area (Å²) in [5.74, 6) is 0.807. The summed E-state index contributed by atoms with van der Waals surface area (Å²) < 4.78 is 15.7. The van der Waals surface area contributed by atoms with Crippen molar-refractivity contribution in [3.63, 3.8) is 0 Å². The van der Waals surface area contributed by atoms with E-state index in [4.69, 9.17) is 25.4 Å². The van der Waals surface area contributed by atoms with E-state index < -0.39 is 5.97 Å². The number of nitrogens with one attached hydrogen (secondary N) is 1. The van der Waals surface area contributed by atoms with Crippen LogP contribution in [0.4, 0.5) is 5.95 Å². The van der Waals surface area contributed by atoms with E-state index >= 15 is 0 Å². The van der Waals surface area contributed by atoms with Crippen molar-refractivity contribution >= 4 is 39.2 Å². The van der Waals surface area contributed by atoms with Gasteiger partial charge in [0.2, 0.25) is 12.7 Å². The lowest BCUT2D eigenvalue weighted by molar-refractivity contribution is 0.0532. The third-order valence-electron chi connectivity index (χ3n) is 3.78. The third kappa shape index (κ3) is 2.72. The smallest absolute Gasteiger partial charge is 0.348 e. The van der Waals surface area contributed by atoms with Crippen molar-refractivity contribution in [3.05, 3.63) is 40.4 Å². The summed E-state index contributed by atoms with van der Waals surface area (Å²) in [6.45, 7) is 2.18. The van der Waals surface area contributed by atoms with Crippen molar-refractivity contribution in [3.8, 4) is 11.5 Å². The molecule has 0 unspecified atom stereocenters. The molecule has 26 heavy (non-hydrogen) atoms. The Balaban J connectivity index is 1.80. The van der Waals surface area contributed by atoms with Gasteiger partial charge >= 0.3 is 5.97 Å². The number of nitrogens with zero attached hydrogens (tertiary/aromatic N) is 2. The zero-order valence-corrected chi connectivity index (χ0v) is 14.6. The van der Waals surface area contributed by atoms with Gasteiger partial charge in [-0.1, -0.05) is 0 Å². The van der Waals surface area contributed by atoms with Crippen LogP contribution in [-0.2, 0) is 4.74 Å². The number of anilines is 1. The second-order valence-electron chi connectivity index (χ2n) is 5.42. The summed E-state index contributed by atoms with van der Waals surface area (Å²) in [4.78, 5) is 21.3. The highest BCUT2D eigenvalue weighted by Crippen LogP contribution is 2.34. The maximum atomic E-state index is 12.0. The van der Waals surface area contributed by atoms with E-state index in [2.05, 4.69) is 9.97 Å². The molecule has 1 aromatic carbocycles. The van der Waals surface area contributed by atoms with Gasteiger partial charge in [0.15, 0.2) is 11.5 Å². The minimum absolute atomic E-state index is 0.0373. The Hall–Kier alpha value is -3.20. The summed E-state index contributed by atoms with van der Waals surface area (Å²) in [5.41, 5.74) is 6.89. The number of hydrogen-bond donors (Lipinski definition) is 2. The molecule has 0 atom stereocenters. The Kier molecular flexibility index (Phi) is 3.92. The third-order valence-corrected chi connectivity index (χ3v) is 4.79. The summed E-state index contributed by atoms with van der Waals surface area (Å²) in [6, 6.07) is 6.84. The minimum Gasteiger partial charge on any atom is -0.462 e. The van der Waals surface area contributed by atoms with Crippen molar-refractivity contribution in [2.45, 2.75) is 6.92 Å². The van der Waals surface area contributed by atoms with E-state index in [0.29, 0.717) is 37.9 Å². The highest BCUT2D eigenvalue weighted by Gasteiger charge is 2.21. The molecule has 0 amide bonds. The Bertz CT molecular complexity index is 1050. The molecule has 0 bridgehead atoms. The van der Waals surface area contributed by atoms with Crippen LogP contribution in [0.15, 0.2) is 24.3 Å². The predicted octanol–water partition coefficient (Wildman–Crippen LogP) is 2.60. The number of benzene rings is 1. The van der Waals surface area contributed by atoms with Crippen molar-refractivity contribution < 1.29 is 19.0 Å². The largest absolute Gasteiger partial charge is 0.462 e. The first-order valence-electron chi connectivity index (χ1n) is 7.80. The van der Waals surface area contributed by atoms with E-state index in [-0.39, 0.29) is 25.1 Å². The van der Waals surface area contributed by atoms with Crippen LogP contribution in [0.5, 0.6) is 11.5 Å². The fourth-order valence-electron chi connectivity index (χ4n) is 2.62. The molecule has 1 aliphatic rings. The van der Waals surface area contributed by atoms with Crippen LogP contribution < -0.4 is 15.2 Å². The summed E-state index contributed by atoms with van der Waals surface area (Å²) >= 11 is 1.16. The quantitative estimate of drug-likeness (QED) is 0.535. The highest BCUT2D eigenvalue weighted by atomic mass is 32.1. The molecule has 0 saturated heterocycles.